The molecule has 4 nitrogen and oxygen atoms in total. The molecule has 1 N–H and O–H groups in total. The number of ether oxygens (including phenoxy) is 1. The van der Waals surface area contributed by atoms with E-state index in [1.807, 2.05) is 36.4 Å². The van der Waals surface area contributed by atoms with E-state index in [0.29, 0.717) is 29.0 Å². The zero-order valence-electron chi connectivity index (χ0n) is 15.7. The molecule has 0 saturated heterocycles. The maximum absolute atomic E-state index is 11.7. The number of hydrogen-bond donors (Lipinski definition) is 1. The second-order valence-corrected chi connectivity index (χ2v) is 8.28. The number of halogens is 2. The lowest BCUT2D eigenvalue weighted by atomic mass is 10.0. The molecule has 4 aromatic rings. The summed E-state index contributed by atoms with van der Waals surface area (Å²) in [6.45, 7) is 2.17. The first-order valence-corrected chi connectivity index (χ1v) is 11.0. The number of rotatable bonds is 6. The number of nitrogens with zero attached hydrogens (tertiary/aromatic N) is 1. The first-order chi connectivity index (χ1) is 14.1. The average molecular weight is 445 g/mol. The van der Waals surface area contributed by atoms with Gasteiger partial charge in [0.05, 0.1) is 23.6 Å². The summed E-state index contributed by atoms with van der Waals surface area (Å²) in [6.07, 6.45) is 0.302. The topological polar surface area (TPSA) is 55.0 Å². The van der Waals surface area contributed by atoms with Crippen molar-refractivity contribution in [2.45, 2.75) is 18.4 Å². The maximum atomic E-state index is 11.7. The Kier molecular flexibility index (Phi) is 5.99. The summed E-state index contributed by atoms with van der Waals surface area (Å²) in [6, 6.07) is 15.8. The van der Waals surface area contributed by atoms with Gasteiger partial charge < -0.3 is 9.72 Å². The van der Waals surface area contributed by atoms with E-state index in [1.54, 1.807) is 13.0 Å². The Labute approximate surface area is 182 Å². The van der Waals surface area contributed by atoms with Crippen LogP contribution in [-0.4, -0.2) is 28.3 Å². The van der Waals surface area contributed by atoms with Crippen molar-refractivity contribution in [1.82, 2.24) is 9.97 Å². The number of aromatic nitrogens is 2. The third-order valence-electron chi connectivity index (χ3n) is 4.58. The van der Waals surface area contributed by atoms with Gasteiger partial charge in [0.1, 0.15) is 10.2 Å². The molecule has 0 aliphatic heterocycles. The first-order valence-electron chi connectivity index (χ1n) is 9.22. The van der Waals surface area contributed by atoms with Crippen molar-refractivity contribution in [3.8, 4) is 11.1 Å². The van der Waals surface area contributed by atoms with Crippen LogP contribution < -0.4 is 0 Å². The van der Waals surface area contributed by atoms with Gasteiger partial charge >= 0.3 is 5.97 Å². The van der Waals surface area contributed by atoms with E-state index < -0.39 is 0 Å². The van der Waals surface area contributed by atoms with Crippen LogP contribution in [0.3, 0.4) is 0 Å². The van der Waals surface area contributed by atoms with Gasteiger partial charge in [-0.3, -0.25) is 4.79 Å². The highest BCUT2D eigenvalue weighted by Crippen LogP contribution is 2.41. The summed E-state index contributed by atoms with van der Waals surface area (Å²) in [5, 5.41) is 3.99. The molecule has 148 valence electrons. The van der Waals surface area contributed by atoms with E-state index in [-0.39, 0.29) is 5.97 Å². The van der Waals surface area contributed by atoms with Crippen LogP contribution in [-0.2, 0) is 9.53 Å². The number of nitrogens with one attached hydrogen (secondary N) is 1. The number of fused-ring (bicyclic) bond motifs is 3. The van der Waals surface area contributed by atoms with Crippen LogP contribution in [0.15, 0.2) is 53.6 Å². The Morgan fingerprint density at radius 3 is 2.76 bits per heavy atom. The van der Waals surface area contributed by atoms with Gasteiger partial charge in [-0.2, -0.15) is 0 Å². The third kappa shape index (κ3) is 4.08. The number of aromatic amines is 1. The van der Waals surface area contributed by atoms with E-state index in [9.17, 15) is 4.79 Å². The molecule has 29 heavy (non-hydrogen) atoms. The Morgan fingerprint density at radius 1 is 1.10 bits per heavy atom. The van der Waals surface area contributed by atoms with Gasteiger partial charge in [-0.05, 0) is 31.2 Å². The quantitative estimate of drug-likeness (QED) is 0.203. The fourth-order valence-corrected chi connectivity index (χ4v) is 4.75. The lowest BCUT2D eigenvalue weighted by Gasteiger charge is -2.12. The van der Waals surface area contributed by atoms with Gasteiger partial charge in [0.25, 0.3) is 0 Å². The SMILES string of the molecule is CCOC(=O)CCSc1nc(Cl)ccc1-c1c(Cl)ccc2c1[nH]c1ccccc12. The van der Waals surface area contributed by atoms with Crippen molar-refractivity contribution in [3.05, 3.63) is 58.7 Å². The molecule has 2 aromatic carbocycles. The summed E-state index contributed by atoms with van der Waals surface area (Å²) < 4.78 is 5.00. The fraction of sp³-hybridized carbons (Fsp3) is 0.182. The summed E-state index contributed by atoms with van der Waals surface area (Å²) in [7, 11) is 0. The van der Waals surface area contributed by atoms with Crippen LogP contribution in [0.2, 0.25) is 10.2 Å². The molecule has 0 fully saturated rings. The smallest absolute Gasteiger partial charge is 0.306 e. The zero-order chi connectivity index (χ0) is 20.4. The Balaban J connectivity index is 1.79. The highest BCUT2D eigenvalue weighted by Gasteiger charge is 2.18. The van der Waals surface area contributed by atoms with E-state index in [4.69, 9.17) is 27.9 Å². The Bertz CT molecular complexity index is 1210. The van der Waals surface area contributed by atoms with E-state index in [0.717, 1.165) is 38.0 Å². The zero-order valence-corrected chi connectivity index (χ0v) is 18.0. The molecule has 0 atom stereocenters. The summed E-state index contributed by atoms with van der Waals surface area (Å²) >= 11 is 14.3. The van der Waals surface area contributed by atoms with Crippen LogP contribution in [0.1, 0.15) is 13.3 Å². The summed E-state index contributed by atoms with van der Waals surface area (Å²) in [4.78, 5) is 19.7. The van der Waals surface area contributed by atoms with Crippen LogP contribution in [0.5, 0.6) is 0 Å². The van der Waals surface area contributed by atoms with Crippen LogP contribution >= 0.6 is 35.0 Å². The van der Waals surface area contributed by atoms with Gasteiger partial charge in [-0.15, -0.1) is 11.8 Å². The normalized spacial score (nSPS) is 11.3. The van der Waals surface area contributed by atoms with Crippen molar-refractivity contribution in [2.75, 3.05) is 12.4 Å². The second-order valence-electron chi connectivity index (χ2n) is 6.41. The molecule has 0 saturated carbocycles. The minimum atomic E-state index is -0.223. The molecule has 2 heterocycles. The number of thioether (sulfide) groups is 1. The van der Waals surface area contributed by atoms with Crippen molar-refractivity contribution in [3.63, 3.8) is 0 Å². The number of H-pyrrole nitrogens is 1. The molecular formula is C22H18Cl2N2O2S. The van der Waals surface area contributed by atoms with Crippen molar-refractivity contribution >= 4 is 62.7 Å². The van der Waals surface area contributed by atoms with E-state index in [2.05, 4.69) is 16.0 Å². The molecule has 7 heteroatoms. The van der Waals surface area contributed by atoms with Crippen LogP contribution in [0.4, 0.5) is 0 Å². The molecule has 0 unspecified atom stereocenters. The molecule has 0 aliphatic carbocycles. The number of carbonyl (C=O) groups is 1. The highest BCUT2D eigenvalue weighted by atomic mass is 35.5. The maximum Gasteiger partial charge on any atom is 0.306 e. The molecule has 0 radical (unpaired) electrons. The second kappa shape index (κ2) is 8.66. The number of esters is 1. The Morgan fingerprint density at radius 2 is 1.93 bits per heavy atom. The van der Waals surface area contributed by atoms with Crippen LogP contribution in [0.25, 0.3) is 32.9 Å². The number of pyridine rings is 1. The summed E-state index contributed by atoms with van der Waals surface area (Å²) in [5.41, 5.74) is 3.76. The summed E-state index contributed by atoms with van der Waals surface area (Å²) in [5.74, 6) is 0.318. The first kappa shape index (κ1) is 20.1. The van der Waals surface area contributed by atoms with Gasteiger partial charge in [0.2, 0.25) is 0 Å². The highest BCUT2D eigenvalue weighted by molar-refractivity contribution is 7.99. The molecule has 2 aromatic heterocycles. The monoisotopic (exact) mass is 444 g/mol. The van der Waals surface area contributed by atoms with Crippen LogP contribution in [0, 0.1) is 0 Å². The molecular weight excluding hydrogens is 427 g/mol. The predicted molar refractivity (Wildman–Crippen MR) is 121 cm³/mol. The third-order valence-corrected chi connectivity index (χ3v) is 6.10. The Hall–Kier alpha value is -2.21. The van der Waals surface area contributed by atoms with Crippen molar-refractivity contribution in [2.24, 2.45) is 0 Å². The molecule has 4 rings (SSSR count). The van der Waals surface area contributed by atoms with E-state index >= 15 is 0 Å². The van der Waals surface area contributed by atoms with Crippen molar-refractivity contribution in [1.29, 1.82) is 0 Å². The number of carbonyl (C=O) groups excluding carboxylic acids is 1. The minimum Gasteiger partial charge on any atom is -0.466 e. The lowest BCUT2D eigenvalue weighted by Crippen LogP contribution is -2.04. The standard InChI is InChI=1S/C22H18Cl2N2O2S/c1-2-28-19(27)11-12-29-22-15(8-10-18(24)26-22)20-16(23)9-7-14-13-5-3-4-6-17(13)25-21(14)20/h3-10,25H,2,11-12H2,1H3. The molecule has 0 bridgehead atoms. The minimum absolute atomic E-state index is 0.223. The average Bonchev–Trinajstić information content (AvgIpc) is 3.07. The molecule has 0 spiro atoms. The molecule has 0 aliphatic rings. The van der Waals surface area contributed by atoms with Gasteiger partial charge in [0, 0.05) is 33.2 Å². The largest absolute Gasteiger partial charge is 0.466 e. The van der Waals surface area contributed by atoms with E-state index in [1.165, 1.54) is 11.8 Å². The predicted octanol–water partition coefficient (Wildman–Crippen LogP) is 6.74. The number of para-hydroxylation sites is 1. The number of hydrogen-bond acceptors (Lipinski definition) is 4. The van der Waals surface area contributed by atoms with Gasteiger partial charge in [0.15, 0.2) is 0 Å². The fourth-order valence-electron chi connectivity index (χ4n) is 3.34. The van der Waals surface area contributed by atoms with Crippen molar-refractivity contribution < 1.29 is 9.53 Å². The number of benzene rings is 2. The van der Waals surface area contributed by atoms with Gasteiger partial charge in [-0.25, -0.2) is 4.98 Å². The van der Waals surface area contributed by atoms with Gasteiger partial charge in [-0.1, -0.05) is 47.5 Å². The lowest BCUT2D eigenvalue weighted by molar-refractivity contribution is -0.142. The molecule has 0 amide bonds.